The van der Waals surface area contributed by atoms with Crippen molar-refractivity contribution in [3.63, 3.8) is 0 Å². The van der Waals surface area contributed by atoms with Crippen LogP contribution in [-0.4, -0.2) is 34.0 Å². The van der Waals surface area contributed by atoms with Gasteiger partial charge in [0.25, 0.3) is 0 Å². The molecule has 4 nitrogen and oxygen atoms in total. The average molecular weight is 211 g/mol. The van der Waals surface area contributed by atoms with Gasteiger partial charge in [0.2, 0.25) is 11.8 Å². The SMILES string of the molecule is O=C1CCCC(=O)N1C1CCC(O)CC1. The van der Waals surface area contributed by atoms with Crippen molar-refractivity contribution < 1.29 is 14.7 Å². The van der Waals surface area contributed by atoms with Crippen LogP contribution in [0.25, 0.3) is 0 Å². The van der Waals surface area contributed by atoms with E-state index >= 15 is 0 Å². The third-order valence-corrected chi connectivity index (χ3v) is 3.35. The highest BCUT2D eigenvalue weighted by atomic mass is 16.3. The van der Waals surface area contributed by atoms with E-state index in [0.717, 1.165) is 12.8 Å². The number of hydrogen-bond acceptors (Lipinski definition) is 3. The third-order valence-electron chi connectivity index (χ3n) is 3.35. The van der Waals surface area contributed by atoms with Crippen LogP contribution >= 0.6 is 0 Å². The van der Waals surface area contributed by atoms with Crippen LogP contribution in [-0.2, 0) is 9.59 Å². The van der Waals surface area contributed by atoms with E-state index in [0.29, 0.717) is 32.1 Å². The van der Waals surface area contributed by atoms with Gasteiger partial charge in [0.15, 0.2) is 0 Å². The van der Waals surface area contributed by atoms with Gasteiger partial charge in [-0.15, -0.1) is 0 Å². The Kier molecular flexibility index (Phi) is 3.05. The van der Waals surface area contributed by atoms with Gasteiger partial charge in [0, 0.05) is 18.9 Å². The molecule has 1 N–H and O–H groups in total. The number of aliphatic hydroxyl groups is 1. The van der Waals surface area contributed by atoms with Crippen LogP contribution in [0.2, 0.25) is 0 Å². The molecule has 1 aliphatic carbocycles. The molecule has 0 atom stereocenters. The Bertz CT molecular complexity index is 253. The van der Waals surface area contributed by atoms with Gasteiger partial charge in [-0.1, -0.05) is 0 Å². The Balaban J connectivity index is 2.01. The Morgan fingerprint density at radius 2 is 1.53 bits per heavy atom. The summed E-state index contributed by atoms with van der Waals surface area (Å²) in [6, 6.07) is 0.0497. The lowest BCUT2D eigenvalue weighted by atomic mass is 9.90. The summed E-state index contributed by atoms with van der Waals surface area (Å²) >= 11 is 0. The summed E-state index contributed by atoms with van der Waals surface area (Å²) in [6.45, 7) is 0. The summed E-state index contributed by atoms with van der Waals surface area (Å²) in [5.74, 6) is -0.0414. The first-order chi connectivity index (χ1) is 7.18. The number of amides is 2. The second-order valence-electron chi connectivity index (χ2n) is 4.47. The van der Waals surface area contributed by atoms with Crippen LogP contribution in [0.5, 0.6) is 0 Å². The molecule has 2 amide bonds. The zero-order chi connectivity index (χ0) is 10.8. The summed E-state index contributed by atoms with van der Waals surface area (Å²) < 4.78 is 0. The molecule has 1 heterocycles. The second kappa shape index (κ2) is 4.31. The maximum Gasteiger partial charge on any atom is 0.229 e. The molecule has 2 rings (SSSR count). The zero-order valence-corrected chi connectivity index (χ0v) is 8.82. The van der Waals surface area contributed by atoms with Crippen molar-refractivity contribution in [1.82, 2.24) is 4.90 Å². The van der Waals surface area contributed by atoms with Crippen molar-refractivity contribution in [2.24, 2.45) is 0 Å². The molecule has 0 spiro atoms. The van der Waals surface area contributed by atoms with Gasteiger partial charge in [0.1, 0.15) is 0 Å². The number of nitrogens with zero attached hydrogens (tertiary/aromatic N) is 1. The molecule has 15 heavy (non-hydrogen) atoms. The standard InChI is InChI=1S/C11H17NO3/c13-9-6-4-8(5-7-9)12-10(14)2-1-3-11(12)15/h8-9,13H,1-7H2. The molecule has 0 aromatic carbocycles. The average Bonchev–Trinajstić information content (AvgIpc) is 2.20. The number of piperidine rings is 1. The highest BCUT2D eigenvalue weighted by molar-refractivity contribution is 5.97. The van der Waals surface area contributed by atoms with Crippen molar-refractivity contribution in [3.8, 4) is 0 Å². The molecule has 2 fully saturated rings. The van der Waals surface area contributed by atoms with E-state index in [2.05, 4.69) is 0 Å². The van der Waals surface area contributed by atoms with Gasteiger partial charge in [-0.3, -0.25) is 14.5 Å². The smallest absolute Gasteiger partial charge is 0.229 e. The highest BCUT2D eigenvalue weighted by Gasteiger charge is 2.34. The minimum atomic E-state index is -0.240. The summed E-state index contributed by atoms with van der Waals surface area (Å²) in [7, 11) is 0. The summed E-state index contributed by atoms with van der Waals surface area (Å²) in [5.41, 5.74) is 0. The number of aliphatic hydroxyl groups excluding tert-OH is 1. The van der Waals surface area contributed by atoms with Crippen LogP contribution in [0, 0.1) is 0 Å². The Labute approximate surface area is 89.3 Å². The molecule has 1 aliphatic heterocycles. The number of hydrogen-bond donors (Lipinski definition) is 1. The molecule has 0 radical (unpaired) electrons. The molecule has 84 valence electrons. The van der Waals surface area contributed by atoms with Crippen molar-refractivity contribution in [3.05, 3.63) is 0 Å². The molecule has 0 unspecified atom stereocenters. The maximum atomic E-state index is 11.6. The van der Waals surface area contributed by atoms with Crippen molar-refractivity contribution in [2.45, 2.75) is 57.1 Å². The first-order valence-electron chi connectivity index (χ1n) is 5.71. The van der Waals surface area contributed by atoms with Crippen LogP contribution in [0.15, 0.2) is 0 Å². The van der Waals surface area contributed by atoms with Crippen LogP contribution in [0.4, 0.5) is 0 Å². The minimum absolute atomic E-state index is 0.0207. The Morgan fingerprint density at radius 3 is 2.07 bits per heavy atom. The number of rotatable bonds is 1. The monoisotopic (exact) mass is 211 g/mol. The molecular formula is C11H17NO3. The minimum Gasteiger partial charge on any atom is -0.393 e. The van der Waals surface area contributed by atoms with Gasteiger partial charge in [-0.2, -0.15) is 0 Å². The summed E-state index contributed by atoms with van der Waals surface area (Å²) in [5, 5.41) is 9.37. The number of likely N-dealkylation sites (tertiary alicyclic amines) is 1. The van der Waals surface area contributed by atoms with Crippen LogP contribution in [0.3, 0.4) is 0 Å². The Hall–Kier alpha value is -0.900. The summed E-state index contributed by atoms with van der Waals surface area (Å²) in [4.78, 5) is 24.7. The molecule has 0 aromatic rings. The van der Waals surface area contributed by atoms with Crippen LogP contribution < -0.4 is 0 Å². The fourth-order valence-electron chi connectivity index (χ4n) is 2.49. The highest BCUT2D eigenvalue weighted by Crippen LogP contribution is 2.26. The lowest BCUT2D eigenvalue weighted by Gasteiger charge is -2.36. The van der Waals surface area contributed by atoms with Gasteiger partial charge in [0.05, 0.1) is 6.10 Å². The lowest BCUT2D eigenvalue weighted by molar-refractivity contribution is -0.152. The zero-order valence-electron chi connectivity index (χ0n) is 8.82. The van der Waals surface area contributed by atoms with E-state index in [-0.39, 0.29) is 24.0 Å². The van der Waals surface area contributed by atoms with Crippen molar-refractivity contribution in [1.29, 1.82) is 0 Å². The predicted octanol–water partition coefficient (Wildman–Crippen LogP) is 0.829. The number of carbonyl (C=O) groups excluding carboxylic acids is 2. The first-order valence-corrected chi connectivity index (χ1v) is 5.71. The normalized spacial score (nSPS) is 33.3. The first kappa shape index (κ1) is 10.6. The fraction of sp³-hybridized carbons (Fsp3) is 0.818. The molecule has 1 saturated carbocycles. The van der Waals surface area contributed by atoms with Gasteiger partial charge < -0.3 is 5.11 Å². The van der Waals surface area contributed by atoms with Gasteiger partial charge in [-0.25, -0.2) is 0 Å². The lowest BCUT2D eigenvalue weighted by Crippen LogP contribution is -2.48. The Morgan fingerprint density at radius 1 is 1.00 bits per heavy atom. The van der Waals surface area contributed by atoms with E-state index in [1.54, 1.807) is 0 Å². The van der Waals surface area contributed by atoms with E-state index in [1.165, 1.54) is 4.90 Å². The number of carbonyl (C=O) groups is 2. The third kappa shape index (κ3) is 2.20. The predicted molar refractivity (Wildman–Crippen MR) is 54.0 cm³/mol. The van der Waals surface area contributed by atoms with E-state index in [1.807, 2.05) is 0 Å². The van der Waals surface area contributed by atoms with E-state index in [9.17, 15) is 14.7 Å². The van der Waals surface area contributed by atoms with Crippen molar-refractivity contribution >= 4 is 11.8 Å². The maximum absolute atomic E-state index is 11.6. The topological polar surface area (TPSA) is 57.6 Å². The molecule has 0 aromatic heterocycles. The molecule has 1 saturated heterocycles. The number of imide groups is 1. The van der Waals surface area contributed by atoms with E-state index in [4.69, 9.17) is 0 Å². The van der Waals surface area contributed by atoms with E-state index < -0.39 is 0 Å². The molecular weight excluding hydrogens is 194 g/mol. The van der Waals surface area contributed by atoms with Crippen molar-refractivity contribution in [2.75, 3.05) is 0 Å². The summed E-state index contributed by atoms with van der Waals surface area (Å²) in [6.07, 6.45) is 4.41. The van der Waals surface area contributed by atoms with Gasteiger partial charge in [-0.05, 0) is 32.1 Å². The second-order valence-corrected chi connectivity index (χ2v) is 4.47. The fourth-order valence-corrected chi connectivity index (χ4v) is 2.49. The van der Waals surface area contributed by atoms with Gasteiger partial charge >= 0.3 is 0 Å². The van der Waals surface area contributed by atoms with Crippen LogP contribution in [0.1, 0.15) is 44.9 Å². The molecule has 4 heteroatoms. The molecule has 2 aliphatic rings. The molecule has 0 bridgehead atoms. The largest absolute Gasteiger partial charge is 0.393 e. The quantitative estimate of drug-likeness (QED) is 0.653.